The van der Waals surface area contributed by atoms with E-state index in [1.807, 2.05) is 0 Å². The van der Waals surface area contributed by atoms with Gasteiger partial charge in [0.25, 0.3) is 8.32 Å². The highest BCUT2D eigenvalue weighted by Gasteiger charge is 2.52. The first-order chi connectivity index (χ1) is 23.7. The zero-order valence-electron chi connectivity index (χ0n) is 29.3. The van der Waals surface area contributed by atoms with Crippen molar-refractivity contribution in [1.29, 1.82) is 0 Å². The van der Waals surface area contributed by atoms with Crippen LogP contribution in [0.3, 0.4) is 0 Å². The number of thiazole rings is 1. The topological polar surface area (TPSA) is 22.1 Å². The Hall–Kier alpha value is -3.92. The molecule has 6 aromatic rings. The summed E-state index contributed by atoms with van der Waals surface area (Å²) in [6.07, 6.45) is 3.96. The summed E-state index contributed by atoms with van der Waals surface area (Å²) < 4.78 is 7.98. The van der Waals surface area contributed by atoms with E-state index in [1.54, 1.807) is 11.3 Å². The fourth-order valence-electron chi connectivity index (χ4n) is 7.25. The molecule has 0 unspecified atom stereocenters. The molecule has 0 radical (unpaired) electrons. The van der Waals surface area contributed by atoms with Gasteiger partial charge in [0.15, 0.2) is 0 Å². The molecule has 0 aliphatic rings. The van der Waals surface area contributed by atoms with Gasteiger partial charge in [-0.05, 0) is 77.3 Å². The molecule has 2 nitrogen and oxygen atoms in total. The molecule has 1 atom stereocenters. The summed E-state index contributed by atoms with van der Waals surface area (Å²) in [5, 5.41) is 9.88. The molecule has 0 aliphatic carbocycles. The van der Waals surface area contributed by atoms with Crippen molar-refractivity contribution >= 4 is 59.3 Å². The lowest BCUT2D eigenvalue weighted by atomic mass is 10.1. The molecule has 0 N–H and O–H groups in total. The average molecular weight is 697 g/mol. The SMILES string of the molecule is C/C(=C\c1csc(C)n1)[C@H](CC[P+](c1ccccc1)(c1ccccc1)c1ccccc1)O[Si](c1ccccc1)(c1ccccc1)C(C)(C)C. The molecule has 248 valence electrons. The van der Waals surface area contributed by atoms with Crippen LogP contribution >= 0.6 is 18.6 Å². The maximum absolute atomic E-state index is 7.98. The highest BCUT2D eigenvalue weighted by molar-refractivity contribution is 7.95. The third-order valence-corrected chi connectivity index (χ3v) is 19.9. The van der Waals surface area contributed by atoms with E-state index in [4.69, 9.17) is 9.41 Å². The van der Waals surface area contributed by atoms with Crippen LogP contribution in [0.2, 0.25) is 5.04 Å². The van der Waals surface area contributed by atoms with Crippen molar-refractivity contribution in [3.8, 4) is 0 Å². The quantitative estimate of drug-likeness (QED) is 0.0941. The third-order valence-electron chi connectivity index (χ3n) is 9.57. The zero-order chi connectivity index (χ0) is 34.3. The number of aromatic nitrogens is 1. The van der Waals surface area contributed by atoms with Gasteiger partial charge in [0.1, 0.15) is 23.2 Å². The van der Waals surface area contributed by atoms with Gasteiger partial charge < -0.3 is 4.43 Å². The van der Waals surface area contributed by atoms with Crippen LogP contribution in [0.4, 0.5) is 0 Å². The van der Waals surface area contributed by atoms with Crippen molar-refractivity contribution in [2.75, 3.05) is 6.16 Å². The molecule has 0 fully saturated rings. The van der Waals surface area contributed by atoms with E-state index < -0.39 is 15.6 Å². The Morgan fingerprint density at radius 1 is 0.694 bits per heavy atom. The lowest BCUT2D eigenvalue weighted by Crippen LogP contribution is -2.67. The predicted molar refractivity (Wildman–Crippen MR) is 218 cm³/mol. The summed E-state index contributed by atoms with van der Waals surface area (Å²) in [6, 6.07) is 55.7. The Bertz CT molecular complexity index is 1800. The maximum Gasteiger partial charge on any atom is 0.261 e. The molecule has 5 heteroatoms. The van der Waals surface area contributed by atoms with Gasteiger partial charge in [-0.25, -0.2) is 4.98 Å². The fourth-order valence-corrected chi connectivity index (χ4v) is 16.9. The Labute approximate surface area is 299 Å². The smallest absolute Gasteiger partial charge is 0.261 e. The molecule has 1 aromatic heterocycles. The van der Waals surface area contributed by atoms with Crippen LogP contribution in [0.1, 0.15) is 44.8 Å². The monoisotopic (exact) mass is 696 g/mol. The molecule has 0 spiro atoms. The standard InChI is InChI=1S/C44H47NOPSSi/c1-35(33-37-34-48-36(2)45-37)43(46-49(44(3,4)5,41-27-17-9-18-28-41)42-29-19-10-20-30-42)31-32-47(38-21-11-6-12-22-38,39-23-13-7-14-24-39)40-25-15-8-16-26-40/h6-30,33-34,43H,31-32H2,1-5H3/q+1/b35-33+/t43-/m0/s1. The Morgan fingerprint density at radius 2 is 1.10 bits per heavy atom. The Balaban J connectivity index is 1.55. The minimum atomic E-state index is -2.87. The van der Waals surface area contributed by atoms with E-state index in [9.17, 15) is 0 Å². The molecule has 0 aliphatic heterocycles. The van der Waals surface area contributed by atoms with E-state index >= 15 is 0 Å². The van der Waals surface area contributed by atoms with Crippen molar-refractivity contribution < 1.29 is 4.43 Å². The van der Waals surface area contributed by atoms with Crippen LogP contribution in [0.5, 0.6) is 0 Å². The second kappa shape index (κ2) is 15.3. The van der Waals surface area contributed by atoms with Crippen LogP contribution in [0.15, 0.2) is 163 Å². The first kappa shape index (κ1) is 34.9. The molecule has 0 saturated carbocycles. The lowest BCUT2D eigenvalue weighted by molar-refractivity contribution is 0.219. The van der Waals surface area contributed by atoms with E-state index in [-0.39, 0.29) is 11.1 Å². The fraction of sp³-hybridized carbons (Fsp3) is 0.205. The van der Waals surface area contributed by atoms with E-state index in [2.05, 4.69) is 198 Å². The van der Waals surface area contributed by atoms with Gasteiger partial charge in [0.2, 0.25) is 0 Å². The molecular formula is C44H47NOPSSi+. The van der Waals surface area contributed by atoms with Gasteiger partial charge in [-0.3, -0.25) is 0 Å². The highest BCUT2D eigenvalue weighted by Crippen LogP contribution is 2.56. The summed E-state index contributed by atoms with van der Waals surface area (Å²) in [6.45, 7) is 11.4. The number of aryl methyl sites for hydroxylation is 1. The van der Waals surface area contributed by atoms with Crippen LogP contribution in [-0.4, -0.2) is 25.6 Å². The van der Waals surface area contributed by atoms with Crippen LogP contribution in [0.25, 0.3) is 6.08 Å². The Kier molecular flexibility index (Phi) is 10.9. The molecule has 6 rings (SSSR count). The van der Waals surface area contributed by atoms with Crippen LogP contribution in [0, 0.1) is 6.92 Å². The van der Waals surface area contributed by atoms with Crippen molar-refractivity contribution in [1.82, 2.24) is 4.98 Å². The molecule has 0 amide bonds. The van der Waals surface area contributed by atoms with Crippen molar-refractivity contribution in [2.45, 2.75) is 52.2 Å². The summed E-state index contributed by atoms with van der Waals surface area (Å²) >= 11 is 1.70. The molecule has 0 bridgehead atoms. The Morgan fingerprint density at radius 3 is 1.47 bits per heavy atom. The van der Waals surface area contributed by atoms with Crippen LogP contribution < -0.4 is 26.3 Å². The second-order valence-corrected chi connectivity index (χ2v) is 22.7. The van der Waals surface area contributed by atoms with E-state index in [1.165, 1.54) is 31.9 Å². The average Bonchev–Trinajstić information content (AvgIpc) is 3.55. The highest BCUT2D eigenvalue weighted by atomic mass is 32.1. The minimum Gasteiger partial charge on any atom is -0.401 e. The maximum atomic E-state index is 7.98. The van der Waals surface area contributed by atoms with Crippen molar-refractivity contribution in [3.05, 3.63) is 173 Å². The number of rotatable bonds is 12. The van der Waals surface area contributed by atoms with Gasteiger partial charge in [-0.15, -0.1) is 11.3 Å². The summed E-state index contributed by atoms with van der Waals surface area (Å²) in [7, 11) is -4.95. The number of hydrogen-bond donors (Lipinski definition) is 0. The largest absolute Gasteiger partial charge is 0.401 e. The van der Waals surface area contributed by atoms with E-state index in [0.29, 0.717) is 0 Å². The van der Waals surface area contributed by atoms with Gasteiger partial charge >= 0.3 is 0 Å². The summed E-state index contributed by atoms with van der Waals surface area (Å²) in [5.41, 5.74) is 2.22. The van der Waals surface area contributed by atoms with Gasteiger partial charge in [0.05, 0.1) is 23.0 Å². The normalized spacial score (nSPS) is 13.3. The molecule has 5 aromatic carbocycles. The summed E-state index contributed by atoms with van der Waals surface area (Å²) in [5.74, 6) is 0. The molecular weight excluding hydrogens is 650 g/mol. The van der Waals surface area contributed by atoms with Gasteiger partial charge in [-0.1, -0.05) is 136 Å². The number of nitrogens with zero attached hydrogens (tertiary/aromatic N) is 1. The first-order valence-electron chi connectivity index (χ1n) is 17.2. The van der Waals surface area contributed by atoms with E-state index in [0.717, 1.165) is 23.3 Å². The number of hydrogen-bond acceptors (Lipinski definition) is 3. The van der Waals surface area contributed by atoms with Crippen LogP contribution in [-0.2, 0) is 4.43 Å². The third kappa shape index (κ3) is 7.34. The number of benzene rings is 5. The van der Waals surface area contributed by atoms with Gasteiger partial charge in [0, 0.05) is 11.8 Å². The minimum absolute atomic E-state index is 0.135. The second-order valence-electron chi connectivity index (χ2n) is 13.8. The first-order valence-corrected chi connectivity index (χ1v) is 21.9. The van der Waals surface area contributed by atoms with Gasteiger partial charge in [-0.2, -0.15) is 0 Å². The predicted octanol–water partition coefficient (Wildman–Crippen LogP) is 9.18. The zero-order valence-corrected chi connectivity index (χ0v) is 32.0. The molecule has 1 heterocycles. The summed E-state index contributed by atoms with van der Waals surface area (Å²) in [4.78, 5) is 4.85. The lowest BCUT2D eigenvalue weighted by Gasteiger charge is -2.45. The van der Waals surface area contributed by atoms with Crippen molar-refractivity contribution in [2.24, 2.45) is 0 Å². The van der Waals surface area contributed by atoms with Crippen molar-refractivity contribution in [3.63, 3.8) is 0 Å². The molecule has 0 saturated heterocycles. The molecule has 49 heavy (non-hydrogen) atoms.